The van der Waals surface area contributed by atoms with Crippen LogP contribution in [0.1, 0.15) is 0 Å². The first-order chi connectivity index (χ1) is 8.42. The predicted molar refractivity (Wildman–Crippen MR) is 75.1 cm³/mol. The van der Waals surface area contributed by atoms with E-state index in [0.29, 0.717) is 11.5 Å². The van der Waals surface area contributed by atoms with E-state index in [2.05, 4.69) is 0 Å². The molecule has 1 N–H and O–H groups in total. The van der Waals surface area contributed by atoms with E-state index in [1.165, 1.54) is 0 Å². The molecule has 0 amide bonds. The molecule has 0 saturated carbocycles. The van der Waals surface area contributed by atoms with Crippen LogP contribution < -0.4 is 9.05 Å². The average molecular weight is 264 g/mol. The fraction of sp³-hybridized carbons (Fsp3) is 0.143. The maximum absolute atomic E-state index is 10.6. The van der Waals surface area contributed by atoms with E-state index in [9.17, 15) is 4.89 Å². The zero-order valence-electron chi connectivity index (χ0n) is 10.5. The van der Waals surface area contributed by atoms with Gasteiger partial charge in [-0.05, 0) is 0 Å². The van der Waals surface area contributed by atoms with Crippen LogP contribution in [0.15, 0.2) is 60.7 Å². The van der Waals surface area contributed by atoms with Crippen LogP contribution >= 0.6 is 7.28 Å². The third kappa shape index (κ3) is 3.73. The molecule has 0 saturated heterocycles. The van der Waals surface area contributed by atoms with Gasteiger partial charge in [0.2, 0.25) is 0 Å². The van der Waals surface area contributed by atoms with Crippen LogP contribution in [0.2, 0.25) is 0 Å². The summed E-state index contributed by atoms with van der Waals surface area (Å²) in [6.07, 6.45) is 0. The third-order valence-corrected chi connectivity index (χ3v) is 3.68. The van der Waals surface area contributed by atoms with Crippen LogP contribution in [-0.4, -0.2) is 18.2 Å². The number of hydrogen-bond acceptors (Lipinski definition) is 3. The summed E-state index contributed by atoms with van der Waals surface area (Å²) in [4.78, 5) is 10.6. The van der Waals surface area contributed by atoms with Gasteiger partial charge in [0.1, 0.15) is 0 Å². The van der Waals surface area contributed by atoms with Crippen molar-refractivity contribution in [1.29, 1.82) is 0 Å². The molecule has 2 aromatic carbocycles. The molecule has 96 valence electrons. The van der Waals surface area contributed by atoms with Crippen molar-refractivity contribution in [2.45, 2.75) is 0 Å². The molecule has 0 spiro atoms. The molecule has 3 nitrogen and oxygen atoms in total. The van der Waals surface area contributed by atoms with Gasteiger partial charge in [0.15, 0.2) is 0 Å². The van der Waals surface area contributed by atoms with E-state index >= 15 is 0 Å². The predicted octanol–water partition coefficient (Wildman–Crippen LogP) is 3.69. The number of para-hydroxylation sites is 2. The van der Waals surface area contributed by atoms with E-state index in [-0.39, 0.29) is 0 Å². The molecule has 0 aliphatic carbocycles. The Morgan fingerprint density at radius 1 is 0.722 bits per heavy atom. The third-order valence-electron chi connectivity index (χ3n) is 2.22. The first-order valence-electron chi connectivity index (χ1n) is 5.69. The normalized spacial score (nSPS) is 13.4. The van der Waals surface area contributed by atoms with Crippen LogP contribution in [0, 0.1) is 0 Å². The van der Waals surface area contributed by atoms with Crippen LogP contribution in [0.3, 0.4) is 0 Å². The second-order valence-corrected chi connectivity index (χ2v) is 8.62. The molecule has 18 heavy (non-hydrogen) atoms. The Kier molecular flexibility index (Phi) is 3.29. The Hall–Kier alpha value is -1.57. The molecule has 2 aromatic rings. The van der Waals surface area contributed by atoms with Crippen molar-refractivity contribution in [1.82, 2.24) is 0 Å². The van der Waals surface area contributed by atoms with Crippen LogP contribution in [0.5, 0.6) is 11.5 Å². The van der Waals surface area contributed by atoms with Gasteiger partial charge in [0, 0.05) is 0 Å². The first-order valence-corrected chi connectivity index (χ1v) is 8.61. The molecule has 0 aromatic heterocycles. The summed E-state index contributed by atoms with van der Waals surface area (Å²) in [6, 6.07) is 18.4. The summed E-state index contributed by atoms with van der Waals surface area (Å²) < 4.78 is 11.3. The molecule has 0 bridgehead atoms. The molecular weight excluding hydrogens is 247 g/mol. The molecular formula is C14H17O3P. The monoisotopic (exact) mass is 264 g/mol. The van der Waals surface area contributed by atoms with Crippen LogP contribution in [0.4, 0.5) is 0 Å². The molecule has 4 heteroatoms. The topological polar surface area (TPSA) is 38.7 Å². The zero-order chi connectivity index (χ0) is 13.1. The van der Waals surface area contributed by atoms with E-state index < -0.39 is 7.28 Å². The second kappa shape index (κ2) is 4.60. The molecule has 0 radical (unpaired) electrons. The van der Waals surface area contributed by atoms with Gasteiger partial charge in [-0.25, -0.2) is 0 Å². The van der Waals surface area contributed by atoms with Crippen molar-refractivity contribution >= 4 is 7.28 Å². The molecule has 0 aliphatic rings. The summed E-state index contributed by atoms with van der Waals surface area (Å²) in [5, 5.41) is 0. The van der Waals surface area contributed by atoms with Gasteiger partial charge in [0.25, 0.3) is 0 Å². The fourth-order valence-corrected chi connectivity index (χ4v) is 3.07. The molecule has 0 fully saturated rings. The summed E-state index contributed by atoms with van der Waals surface area (Å²) in [5.41, 5.74) is 0. The minimum atomic E-state index is -3.66. The molecule has 0 unspecified atom stereocenters. The number of benzene rings is 2. The van der Waals surface area contributed by atoms with Crippen molar-refractivity contribution in [3.05, 3.63) is 60.7 Å². The summed E-state index contributed by atoms with van der Waals surface area (Å²) in [6.45, 7) is 3.21. The summed E-state index contributed by atoms with van der Waals surface area (Å²) in [7, 11) is -3.66. The fourth-order valence-electron chi connectivity index (χ4n) is 1.58. The molecule has 0 atom stereocenters. The molecule has 2 rings (SSSR count). The Balaban J connectivity index is 2.17. The second-order valence-electron chi connectivity index (χ2n) is 4.62. The molecule has 0 heterocycles. The number of hydrogen-bond donors (Lipinski definition) is 1. The SMILES string of the molecule is CP(C)(O)(Oc1ccccc1)Oc1ccccc1. The van der Waals surface area contributed by atoms with Crippen molar-refractivity contribution in [3.8, 4) is 11.5 Å². The average Bonchev–Trinajstić information content (AvgIpc) is 2.29. The Bertz CT molecular complexity index is 457. The van der Waals surface area contributed by atoms with Gasteiger partial charge >= 0.3 is 107 Å². The van der Waals surface area contributed by atoms with E-state index in [1.807, 2.05) is 36.4 Å². The van der Waals surface area contributed by atoms with Crippen LogP contribution in [-0.2, 0) is 0 Å². The van der Waals surface area contributed by atoms with Gasteiger partial charge in [-0.2, -0.15) is 0 Å². The zero-order valence-corrected chi connectivity index (χ0v) is 11.4. The Morgan fingerprint density at radius 3 is 1.39 bits per heavy atom. The van der Waals surface area contributed by atoms with Crippen molar-refractivity contribution < 1.29 is 13.9 Å². The quantitative estimate of drug-likeness (QED) is 0.856. The molecule has 0 aliphatic heterocycles. The van der Waals surface area contributed by atoms with E-state index in [1.54, 1.807) is 37.6 Å². The van der Waals surface area contributed by atoms with Gasteiger partial charge in [-0.15, -0.1) is 0 Å². The van der Waals surface area contributed by atoms with Crippen molar-refractivity contribution in [2.24, 2.45) is 0 Å². The van der Waals surface area contributed by atoms with E-state index in [4.69, 9.17) is 9.05 Å². The van der Waals surface area contributed by atoms with Gasteiger partial charge < -0.3 is 0 Å². The minimum absolute atomic E-state index is 0.596. The Labute approximate surface area is 107 Å². The van der Waals surface area contributed by atoms with Gasteiger partial charge in [0.05, 0.1) is 0 Å². The van der Waals surface area contributed by atoms with Crippen LogP contribution in [0.25, 0.3) is 0 Å². The number of rotatable bonds is 4. The summed E-state index contributed by atoms with van der Waals surface area (Å²) in [5.74, 6) is 1.19. The standard InChI is InChI=1S/C14H17O3P/c1-18(2,15,16-13-9-5-3-6-10-13)17-14-11-7-4-8-12-14/h3-12,15H,1-2H3. The van der Waals surface area contributed by atoms with Crippen molar-refractivity contribution in [2.75, 3.05) is 13.3 Å². The maximum atomic E-state index is 10.6. The first kappa shape index (κ1) is 12.9. The van der Waals surface area contributed by atoms with Gasteiger partial charge in [-0.1, -0.05) is 0 Å². The van der Waals surface area contributed by atoms with E-state index in [0.717, 1.165) is 0 Å². The Morgan fingerprint density at radius 2 is 1.06 bits per heavy atom. The van der Waals surface area contributed by atoms with Crippen molar-refractivity contribution in [3.63, 3.8) is 0 Å². The summed E-state index contributed by atoms with van der Waals surface area (Å²) >= 11 is 0. The van der Waals surface area contributed by atoms with Gasteiger partial charge in [-0.3, -0.25) is 0 Å².